The number of alkyl halides is 1. The SMILES string of the molecule is C[C@H](NC(=O)[C@@H](C)NC(=O)OC(C)(C)C)C(=O)Nc1ccc2c(Cl)c(OCCBr)oc(=O)c2c1. The van der Waals surface area contributed by atoms with E-state index in [2.05, 4.69) is 31.9 Å². The minimum absolute atomic E-state index is 0.0825. The summed E-state index contributed by atoms with van der Waals surface area (Å²) in [4.78, 5) is 49.1. The van der Waals surface area contributed by atoms with Gasteiger partial charge in [0, 0.05) is 16.4 Å². The van der Waals surface area contributed by atoms with Gasteiger partial charge in [0.25, 0.3) is 0 Å². The van der Waals surface area contributed by atoms with Crippen molar-refractivity contribution in [2.75, 3.05) is 17.3 Å². The molecule has 0 aliphatic heterocycles. The minimum Gasteiger partial charge on any atom is -0.463 e. The Morgan fingerprint density at radius 3 is 2.35 bits per heavy atom. The molecule has 0 bridgehead atoms. The van der Waals surface area contributed by atoms with Crippen LogP contribution in [-0.2, 0) is 14.3 Å². The van der Waals surface area contributed by atoms with Crippen LogP contribution in [0.25, 0.3) is 10.8 Å². The van der Waals surface area contributed by atoms with Crippen LogP contribution >= 0.6 is 27.5 Å². The summed E-state index contributed by atoms with van der Waals surface area (Å²) in [6.07, 6.45) is -0.748. The number of amides is 3. The predicted molar refractivity (Wildman–Crippen MR) is 132 cm³/mol. The molecule has 0 spiro atoms. The summed E-state index contributed by atoms with van der Waals surface area (Å²) in [7, 11) is 0. The highest BCUT2D eigenvalue weighted by atomic mass is 79.9. The Kier molecular flexibility index (Phi) is 9.34. The summed E-state index contributed by atoms with van der Waals surface area (Å²) >= 11 is 9.48. The predicted octanol–water partition coefficient (Wildman–Crippen LogP) is 3.58. The molecule has 0 aliphatic rings. The number of rotatable bonds is 8. The van der Waals surface area contributed by atoms with Crippen molar-refractivity contribution < 1.29 is 28.3 Å². The number of carbonyl (C=O) groups excluding carboxylic acids is 3. The fourth-order valence-electron chi connectivity index (χ4n) is 2.70. The normalized spacial score (nSPS) is 13.0. The number of benzene rings is 1. The van der Waals surface area contributed by atoms with Crippen LogP contribution in [0.4, 0.5) is 10.5 Å². The zero-order valence-corrected chi connectivity index (χ0v) is 21.8. The molecular formula is C22H27BrClN3O7. The molecular weight excluding hydrogens is 534 g/mol. The van der Waals surface area contributed by atoms with Crippen molar-refractivity contribution >= 4 is 61.9 Å². The van der Waals surface area contributed by atoms with E-state index in [0.717, 1.165) is 0 Å². The summed E-state index contributed by atoms with van der Waals surface area (Å²) in [5, 5.41) is 8.76. The van der Waals surface area contributed by atoms with Crippen molar-refractivity contribution in [3.8, 4) is 5.95 Å². The highest BCUT2D eigenvalue weighted by molar-refractivity contribution is 9.09. The number of anilines is 1. The molecule has 3 N–H and O–H groups in total. The molecule has 1 aromatic carbocycles. The van der Waals surface area contributed by atoms with Gasteiger partial charge in [0.1, 0.15) is 29.3 Å². The van der Waals surface area contributed by atoms with Gasteiger partial charge in [-0.25, -0.2) is 9.59 Å². The Hall–Kier alpha value is -2.79. The largest absolute Gasteiger partial charge is 0.463 e. The molecule has 2 rings (SSSR count). The fourth-order valence-corrected chi connectivity index (χ4v) is 3.12. The van der Waals surface area contributed by atoms with E-state index in [0.29, 0.717) is 16.4 Å². The summed E-state index contributed by atoms with van der Waals surface area (Å²) in [5.74, 6) is -1.19. The summed E-state index contributed by atoms with van der Waals surface area (Å²) in [6.45, 7) is 8.31. The van der Waals surface area contributed by atoms with Crippen LogP contribution in [0.15, 0.2) is 27.4 Å². The average molecular weight is 561 g/mol. The Morgan fingerprint density at radius 1 is 1.09 bits per heavy atom. The molecule has 34 heavy (non-hydrogen) atoms. The molecule has 12 heteroatoms. The van der Waals surface area contributed by atoms with Gasteiger partial charge < -0.3 is 29.8 Å². The maximum atomic E-state index is 12.6. The third-order valence-corrected chi connectivity index (χ3v) is 4.98. The van der Waals surface area contributed by atoms with Crippen LogP contribution in [-0.4, -0.2) is 47.5 Å². The first-order valence-corrected chi connectivity index (χ1v) is 11.9. The van der Waals surface area contributed by atoms with Gasteiger partial charge in [-0.3, -0.25) is 9.59 Å². The van der Waals surface area contributed by atoms with Crippen molar-refractivity contribution in [3.63, 3.8) is 0 Å². The molecule has 2 aromatic rings. The summed E-state index contributed by atoms with van der Waals surface area (Å²) in [6, 6.07) is 2.66. The van der Waals surface area contributed by atoms with Gasteiger partial charge in [-0.05, 0) is 46.8 Å². The van der Waals surface area contributed by atoms with Crippen molar-refractivity contribution in [2.24, 2.45) is 0 Å². The molecule has 0 saturated heterocycles. The first kappa shape index (κ1) is 27.5. The Morgan fingerprint density at radius 2 is 1.74 bits per heavy atom. The topological polar surface area (TPSA) is 136 Å². The van der Waals surface area contributed by atoms with Gasteiger partial charge in [-0.15, -0.1) is 0 Å². The molecule has 1 heterocycles. The maximum absolute atomic E-state index is 12.6. The molecule has 0 fully saturated rings. The Bertz CT molecular complexity index is 1130. The van der Waals surface area contributed by atoms with E-state index < -0.39 is 41.2 Å². The molecule has 10 nitrogen and oxygen atoms in total. The van der Waals surface area contributed by atoms with E-state index in [9.17, 15) is 19.2 Å². The smallest absolute Gasteiger partial charge is 0.408 e. The van der Waals surface area contributed by atoms with Crippen molar-refractivity contribution in [3.05, 3.63) is 33.6 Å². The van der Waals surface area contributed by atoms with Crippen molar-refractivity contribution in [1.29, 1.82) is 0 Å². The minimum atomic E-state index is -0.939. The number of halogens is 2. The first-order valence-electron chi connectivity index (χ1n) is 10.4. The lowest BCUT2D eigenvalue weighted by molar-refractivity contribution is -0.127. The maximum Gasteiger partial charge on any atom is 0.408 e. The molecule has 0 radical (unpaired) electrons. The first-order chi connectivity index (χ1) is 15.8. The lowest BCUT2D eigenvalue weighted by Gasteiger charge is -2.22. The van der Waals surface area contributed by atoms with Crippen LogP contribution in [0.1, 0.15) is 34.6 Å². The number of fused-ring (bicyclic) bond motifs is 1. The van der Waals surface area contributed by atoms with Gasteiger partial charge in [0.2, 0.25) is 11.8 Å². The van der Waals surface area contributed by atoms with E-state index in [1.807, 2.05) is 0 Å². The van der Waals surface area contributed by atoms with Gasteiger partial charge in [-0.1, -0.05) is 33.6 Å². The molecule has 186 valence electrons. The number of alkyl carbamates (subject to hydrolysis) is 1. The second-order valence-corrected chi connectivity index (χ2v) is 9.55. The third-order valence-electron chi connectivity index (χ3n) is 4.30. The zero-order valence-electron chi connectivity index (χ0n) is 19.4. The lowest BCUT2D eigenvalue weighted by Crippen LogP contribution is -2.51. The number of hydrogen-bond acceptors (Lipinski definition) is 7. The quantitative estimate of drug-likeness (QED) is 0.420. The van der Waals surface area contributed by atoms with Crippen LogP contribution in [0, 0.1) is 0 Å². The second kappa shape index (κ2) is 11.6. The molecule has 1 aromatic heterocycles. The zero-order chi connectivity index (χ0) is 25.6. The standard InChI is InChI=1S/C22H27BrClN3O7/c1-11(25-17(28)12(2)26-21(31)34-22(3,4)5)18(29)27-13-6-7-14-15(10-13)19(30)33-20(16(14)24)32-9-8-23/h6-7,10-12H,8-9H2,1-5H3,(H,25,28)(H,26,31)(H,27,29)/t11-,12+/m0/s1. The molecule has 3 amide bonds. The molecule has 0 aliphatic carbocycles. The van der Waals surface area contributed by atoms with E-state index in [1.54, 1.807) is 32.9 Å². The lowest BCUT2D eigenvalue weighted by atomic mass is 10.1. The van der Waals surface area contributed by atoms with Gasteiger partial charge in [-0.2, -0.15) is 0 Å². The average Bonchev–Trinajstić information content (AvgIpc) is 2.73. The highest BCUT2D eigenvalue weighted by Crippen LogP contribution is 2.32. The molecule has 0 unspecified atom stereocenters. The Labute approximate surface area is 209 Å². The van der Waals surface area contributed by atoms with Crippen molar-refractivity contribution in [1.82, 2.24) is 10.6 Å². The summed E-state index contributed by atoms with van der Waals surface area (Å²) < 4.78 is 15.6. The highest BCUT2D eigenvalue weighted by Gasteiger charge is 2.24. The van der Waals surface area contributed by atoms with E-state index in [4.69, 9.17) is 25.5 Å². The number of hydrogen-bond donors (Lipinski definition) is 3. The van der Waals surface area contributed by atoms with E-state index in [1.165, 1.54) is 19.9 Å². The molecule has 0 saturated carbocycles. The van der Waals surface area contributed by atoms with Crippen LogP contribution in [0.3, 0.4) is 0 Å². The van der Waals surface area contributed by atoms with Gasteiger partial charge >= 0.3 is 17.7 Å². The van der Waals surface area contributed by atoms with E-state index in [-0.39, 0.29) is 23.0 Å². The summed E-state index contributed by atoms with van der Waals surface area (Å²) in [5.41, 5.74) is -1.09. The Balaban J connectivity index is 2.04. The van der Waals surface area contributed by atoms with Gasteiger partial charge in [0.15, 0.2) is 0 Å². The van der Waals surface area contributed by atoms with Crippen LogP contribution in [0.5, 0.6) is 5.95 Å². The van der Waals surface area contributed by atoms with Gasteiger partial charge in [0.05, 0.1) is 5.39 Å². The molecule has 2 atom stereocenters. The van der Waals surface area contributed by atoms with Crippen molar-refractivity contribution in [2.45, 2.75) is 52.3 Å². The van der Waals surface area contributed by atoms with E-state index >= 15 is 0 Å². The number of nitrogens with one attached hydrogen (secondary N) is 3. The monoisotopic (exact) mass is 559 g/mol. The van der Waals surface area contributed by atoms with Crippen LogP contribution < -0.4 is 26.3 Å². The fraction of sp³-hybridized carbons (Fsp3) is 0.455. The number of ether oxygens (including phenoxy) is 2. The van der Waals surface area contributed by atoms with Crippen LogP contribution in [0.2, 0.25) is 5.02 Å². The third kappa shape index (κ3) is 7.63. The second-order valence-electron chi connectivity index (χ2n) is 8.38. The number of carbonyl (C=O) groups is 3.